The fraction of sp³-hybridized carbons (Fsp3) is 0.600. The molecule has 0 spiro atoms. The van der Waals surface area contributed by atoms with Crippen LogP contribution in [0, 0.1) is 5.92 Å². The van der Waals surface area contributed by atoms with E-state index in [1.807, 2.05) is 0 Å². The van der Waals surface area contributed by atoms with Gasteiger partial charge in [0.1, 0.15) is 0 Å². The van der Waals surface area contributed by atoms with Crippen molar-refractivity contribution in [1.82, 2.24) is 0 Å². The minimum atomic E-state index is 0.838. The Labute approximate surface area is 100 Å². The first-order valence-electron chi connectivity index (χ1n) is 6.54. The van der Waals surface area contributed by atoms with Crippen molar-refractivity contribution in [2.45, 2.75) is 39.5 Å². The Morgan fingerprint density at radius 3 is 2.38 bits per heavy atom. The highest BCUT2D eigenvalue weighted by molar-refractivity contribution is 5.44. The predicted molar refractivity (Wildman–Crippen MR) is 73.0 cm³/mol. The molecule has 0 N–H and O–H groups in total. The maximum Gasteiger partial charge on any atom is 0.0363 e. The zero-order valence-corrected chi connectivity index (χ0v) is 10.9. The fourth-order valence-corrected chi connectivity index (χ4v) is 2.09. The number of unbranched alkanes of at least 4 members (excludes halogenated alkanes) is 1. The molecule has 0 aliphatic carbocycles. The van der Waals surface area contributed by atoms with Gasteiger partial charge in [0.05, 0.1) is 0 Å². The van der Waals surface area contributed by atoms with Crippen molar-refractivity contribution >= 4 is 5.69 Å². The summed E-state index contributed by atoms with van der Waals surface area (Å²) in [6.07, 6.45) is 5.33. The molecule has 0 heterocycles. The van der Waals surface area contributed by atoms with Crippen molar-refractivity contribution < 1.29 is 0 Å². The molecule has 16 heavy (non-hydrogen) atoms. The molecule has 0 aliphatic heterocycles. The van der Waals surface area contributed by atoms with E-state index in [4.69, 9.17) is 0 Å². The Kier molecular flexibility index (Phi) is 5.99. The summed E-state index contributed by atoms with van der Waals surface area (Å²) >= 11 is 0. The predicted octanol–water partition coefficient (Wildman–Crippen LogP) is 4.34. The smallest absolute Gasteiger partial charge is 0.0363 e. The van der Waals surface area contributed by atoms with Gasteiger partial charge < -0.3 is 4.90 Å². The largest absolute Gasteiger partial charge is 0.374 e. The lowest BCUT2D eigenvalue weighted by Crippen LogP contribution is -2.25. The van der Waals surface area contributed by atoms with Crippen LogP contribution in [0.1, 0.15) is 39.5 Å². The van der Waals surface area contributed by atoms with Crippen molar-refractivity contribution in [3.05, 3.63) is 30.3 Å². The van der Waals surface area contributed by atoms with Crippen LogP contribution in [0.15, 0.2) is 30.3 Å². The topological polar surface area (TPSA) is 3.24 Å². The summed E-state index contributed by atoms with van der Waals surface area (Å²) in [6.45, 7) is 5.76. The molecule has 90 valence electrons. The molecule has 0 bridgehead atoms. The molecular weight excluding hydrogens is 194 g/mol. The quantitative estimate of drug-likeness (QED) is 0.659. The first-order chi connectivity index (χ1) is 7.77. The van der Waals surface area contributed by atoms with Gasteiger partial charge >= 0.3 is 0 Å². The summed E-state index contributed by atoms with van der Waals surface area (Å²) < 4.78 is 0. The van der Waals surface area contributed by atoms with Crippen molar-refractivity contribution in [3.63, 3.8) is 0 Å². The Morgan fingerprint density at radius 2 is 1.81 bits per heavy atom. The molecule has 1 nitrogen and oxygen atoms in total. The molecule has 0 saturated heterocycles. The van der Waals surface area contributed by atoms with Crippen LogP contribution in [0.4, 0.5) is 5.69 Å². The molecule has 1 aromatic rings. The third-order valence-corrected chi connectivity index (χ3v) is 3.27. The minimum absolute atomic E-state index is 0.838. The van der Waals surface area contributed by atoms with Gasteiger partial charge in [-0.25, -0.2) is 0 Å². The minimum Gasteiger partial charge on any atom is -0.374 e. The molecule has 0 saturated carbocycles. The maximum atomic E-state index is 2.38. The average molecular weight is 219 g/mol. The first kappa shape index (κ1) is 13.1. The third-order valence-electron chi connectivity index (χ3n) is 3.27. The highest BCUT2D eigenvalue weighted by Crippen LogP contribution is 2.18. The number of benzene rings is 1. The SMILES string of the molecule is CCCCC(CC)CN(C)c1ccccc1. The number of rotatable bonds is 7. The summed E-state index contributed by atoms with van der Waals surface area (Å²) in [5.74, 6) is 0.838. The van der Waals surface area contributed by atoms with E-state index in [9.17, 15) is 0 Å². The number of nitrogens with zero attached hydrogens (tertiary/aromatic N) is 1. The van der Waals surface area contributed by atoms with Gasteiger partial charge in [-0.2, -0.15) is 0 Å². The normalized spacial score (nSPS) is 12.4. The molecule has 0 fully saturated rings. The van der Waals surface area contributed by atoms with Gasteiger partial charge in [-0.3, -0.25) is 0 Å². The summed E-state index contributed by atoms with van der Waals surface area (Å²) in [5.41, 5.74) is 1.33. The van der Waals surface area contributed by atoms with E-state index < -0.39 is 0 Å². The summed E-state index contributed by atoms with van der Waals surface area (Å²) in [6, 6.07) is 10.7. The van der Waals surface area contributed by atoms with Crippen LogP contribution in [0.5, 0.6) is 0 Å². The van der Waals surface area contributed by atoms with Crippen molar-refractivity contribution in [2.24, 2.45) is 5.92 Å². The lowest BCUT2D eigenvalue weighted by atomic mass is 9.99. The third kappa shape index (κ3) is 4.26. The van der Waals surface area contributed by atoms with Crippen LogP contribution in [0.3, 0.4) is 0 Å². The summed E-state index contributed by atoms with van der Waals surface area (Å²) in [5, 5.41) is 0. The van der Waals surface area contributed by atoms with Gasteiger partial charge in [-0.1, -0.05) is 51.3 Å². The Bertz CT molecular complexity index is 268. The number of para-hydroxylation sites is 1. The molecule has 1 unspecified atom stereocenters. The maximum absolute atomic E-state index is 2.38. The molecule has 0 amide bonds. The first-order valence-corrected chi connectivity index (χ1v) is 6.54. The molecule has 1 heteroatoms. The van der Waals surface area contributed by atoms with Crippen LogP contribution in [-0.2, 0) is 0 Å². The molecule has 0 aromatic heterocycles. The van der Waals surface area contributed by atoms with Crippen LogP contribution in [-0.4, -0.2) is 13.6 Å². The van der Waals surface area contributed by atoms with E-state index in [0.29, 0.717) is 0 Å². The van der Waals surface area contributed by atoms with Crippen LogP contribution >= 0.6 is 0 Å². The van der Waals surface area contributed by atoms with Gasteiger partial charge in [-0.15, -0.1) is 0 Å². The molecule has 0 aliphatic rings. The number of hydrogen-bond donors (Lipinski definition) is 0. The lowest BCUT2D eigenvalue weighted by molar-refractivity contribution is 0.454. The Morgan fingerprint density at radius 1 is 1.12 bits per heavy atom. The van der Waals surface area contributed by atoms with Gasteiger partial charge in [0.15, 0.2) is 0 Å². The van der Waals surface area contributed by atoms with Crippen LogP contribution in [0.25, 0.3) is 0 Å². The van der Waals surface area contributed by atoms with E-state index >= 15 is 0 Å². The van der Waals surface area contributed by atoms with E-state index in [-0.39, 0.29) is 0 Å². The zero-order valence-electron chi connectivity index (χ0n) is 10.9. The van der Waals surface area contributed by atoms with E-state index in [1.165, 1.54) is 37.9 Å². The molecule has 0 radical (unpaired) electrons. The van der Waals surface area contributed by atoms with Gasteiger partial charge in [0, 0.05) is 19.3 Å². The van der Waals surface area contributed by atoms with Crippen LogP contribution in [0.2, 0.25) is 0 Å². The van der Waals surface area contributed by atoms with Crippen molar-refractivity contribution in [1.29, 1.82) is 0 Å². The molecule has 1 rings (SSSR count). The zero-order chi connectivity index (χ0) is 11.8. The van der Waals surface area contributed by atoms with Gasteiger partial charge in [-0.05, 0) is 24.5 Å². The monoisotopic (exact) mass is 219 g/mol. The van der Waals surface area contributed by atoms with E-state index in [1.54, 1.807) is 0 Å². The van der Waals surface area contributed by atoms with E-state index in [0.717, 1.165) is 5.92 Å². The molecular formula is C15H25N. The summed E-state index contributed by atoms with van der Waals surface area (Å²) in [7, 11) is 2.20. The van der Waals surface area contributed by atoms with Crippen LogP contribution < -0.4 is 4.90 Å². The Hall–Kier alpha value is -0.980. The van der Waals surface area contributed by atoms with Crippen molar-refractivity contribution in [3.8, 4) is 0 Å². The average Bonchev–Trinajstić information content (AvgIpc) is 2.35. The second-order valence-corrected chi connectivity index (χ2v) is 4.63. The Balaban J connectivity index is 2.45. The van der Waals surface area contributed by atoms with Gasteiger partial charge in [0.2, 0.25) is 0 Å². The lowest BCUT2D eigenvalue weighted by Gasteiger charge is -2.25. The standard InChI is InChI=1S/C15H25N/c1-4-6-10-14(5-2)13-16(3)15-11-8-7-9-12-15/h7-9,11-12,14H,4-6,10,13H2,1-3H3. The molecule has 1 atom stereocenters. The fourth-order valence-electron chi connectivity index (χ4n) is 2.09. The van der Waals surface area contributed by atoms with Crippen molar-refractivity contribution in [2.75, 3.05) is 18.5 Å². The number of anilines is 1. The number of hydrogen-bond acceptors (Lipinski definition) is 1. The highest BCUT2D eigenvalue weighted by atomic mass is 15.1. The van der Waals surface area contributed by atoms with E-state index in [2.05, 4.69) is 56.1 Å². The molecule has 1 aromatic carbocycles. The highest BCUT2D eigenvalue weighted by Gasteiger charge is 2.09. The summed E-state index contributed by atoms with van der Waals surface area (Å²) in [4.78, 5) is 2.38. The second kappa shape index (κ2) is 7.32. The second-order valence-electron chi connectivity index (χ2n) is 4.63. The van der Waals surface area contributed by atoms with Gasteiger partial charge in [0.25, 0.3) is 0 Å².